The van der Waals surface area contributed by atoms with Crippen molar-refractivity contribution in [2.45, 2.75) is 25.7 Å². The van der Waals surface area contributed by atoms with Crippen molar-refractivity contribution in [2.75, 3.05) is 18.9 Å². The predicted octanol–water partition coefficient (Wildman–Crippen LogP) is 2.31. The van der Waals surface area contributed by atoms with E-state index in [-0.39, 0.29) is 17.9 Å². The highest BCUT2D eigenvalue weighted by Crippen LogP contribution is 2.37. The number of anilines is 1. The molecular formula is C14H19BrN2O2. The summed E-state index contributed by atoms with van der Waals surface area (Å²) in [4.78, 5) is 12.1. The van der Waals surface area contributed by atoms with Gasteiger partial charge in [-0.3, -0.25) is 4.79 Å². The fourth-order valence-corrected chi connectivity index (χ4v) is 3.00. The third kappa shape index (κ3) is 3.28. The minimum atomic E-state index is -0.176. The molecule has 1 saturated carbocycles. The summed E-state index contributed by atoms with van der Waals surface area (Å²) in [6.45, 7) is 0.640. The predicted molar refractivity (Wildman–Crippen MR) is 78.9 cm³/mol. The topological polar surface area (TPSA) is 75.4 Å². The standard InChI is InChI=1S/C14H19BrN2O2/c15-10-3-4-11(12(16)7-10)13(19)17-8-14(9-18)5-1-2-6-14/h3-4,7,18H,1-2,5-6,8-9,16H2,(H,17,19). The van der Waals surface area contributed by atoms with E-state index in [1.54, 1.807) is 18.2 Å². The van der Waals surface area contributed by atoms with E-state index in [9.17, 15) is 9.90 Å². The molecule has 4 N–H and O–H groups in total. The quantitative estimate of drug-likeness (QED) is 0.743. The number of halogens is 1. The third-order valence-corrected chi connectivity index (χ3v) is 4.38. The van der Waals surface area contributed by atoms with Crippen LogP contribution in [0.3, 0.4) is 0 Å². The Labute approximate surface area is 121 Å². The second-order valence-electron chi connectivity index (χ2n) is 5.28. The van der Waals surface area contributed by atoms with E-state index in [1.807, 2.05) is 0 Å². The van der Waals surface area contributed by atoms with Crippen LogP contribution in [0.5, 0.6) is 0 Å². The van der Waals surface area contributed by atoms with E-state index in [0.717, 1.165) is 30.2 Å². The van der Waals surface area contributed by atoms with E-state index in [4.69, 9.17) is 5.73 Å². The fourth-order valence-electron chi connectivity index (χ4n) is 2.62. The largest absolute Gasteiger partial charge is 0.398 e. The van der Waals surface area contributed by atoms with Gasteiger partial charge in [-0.1, -0.05) is 28.8 Å². The Bertz CT molecular complexity index is 471. The molecule has 1 aliphatic carbocycles. The van der Waals surface area contributed by atoms with E-state index in [2.05, 4.69) is 21.2 Å². The molecular weight excluding hydrogens is 308 g/mol. The van der Waals surface area contributed by atoms with Gasteiger partial charge in [0.1, 0.15) is 0 Å². The first-order valence-corrected chi connectivity index (χ1v) is 7.30. The van der Waals surface area contributed by atoms with Crippen LogP contribution in [-0.2, 0) is 0 Å². The second kappa shape index (κ2) is 5.92. The Hall–Kier alpha value is -1.07. The van der Waals surface area contributed by atoms with Crippen molar-refractivity contribution >= 4 is 27.5 Å². The number of hydrogen-bond acceptors (Lipinski definition) is 3. The van der Waals surface area contributed by atoms with Crippen LogP contribution < -0.4 is 11.1 Å². The SMILES string of the molecule is Nc1cc(Br)ccc1C(=O)NCC1(CO)CCCC1. The Balaban J connectivity index is 2.01. The number of aliphatic hydroxyl groups is 1. The molecule has 1 amide bonds. The lowest BCUT2D eigenvalue weighted by atomic mass is 9.87. The van der Waals surface area contributed by atoms with Gasteiger partial charge in [-0.2, -0.15) is 0 Å². The van der Waals surface area contributed by atoms with Crippen LogP contribution in [0.25, 0.3) is 0 Å². The second-order valence-corrected chi connectivity index (χ2v) is 6.20. The molecule has 0 heterocycles. The summed E-state index contributed by atoms with van der Waals surface area (Å²) in [6, 6.07) is 5.21. The molecule has 0 saturated heterocycles. The molecule has 0 bridgehead atoms. The summed E-state index contributed by atoms with van der Waals surface area (Å²) in [6.07, 6.45) is 4.19. The fraction of sp³-hybridized carbons (Fsp3) is 0.500. The molecule has 1 fully saturated rings. The van der Waals surface area contributed by atoms with Crippen LogP contribution in [-0.4, -0.2) is 24.2 Å². The van der Waals surface area contributed by atoms with Crippen molar-refractivity contribution < 1.29 is 9.90 Å². The van der Waals surface area contributed by atoms with Crippen molar-refractivity contribution in [1.29, 1.82) is 0 Å². The molecule has 4 nitrogen and oxygen atoms in total. The van der Waals surface area contributed by atoms with Crippen LogP contribution in [0, 0.1) is 5.41 Å². The Morgan fingerprint density at radius 2 is 2.11 bits per heavy atom. The monoisotopic (exact) mass is 326 g/mol. The molecule has 0 unspecified atom stereocenters. The number of aliphatic hydroxyl groups excluding tert-OH is 1. The molecule has 0 atom stereocenters. The number of nitrogens with one attached hydrogen (secondary N) is 1. The van der Waals surface area contributed by atoms with E-state index in [0.29, 0.717) is 17.8 Å². The Kier molecular flexibility index (Phi) is 4.47. The van der Waals surface area contributed by atoms with E-state index < -0.39 is 0 Å². The molecule has 0 aromatic heterocycles. The summed E-state index contributed by atoms with van der Waals surface area (Å²) in [5.41, 5.74) is 6.63. The number of amides is 1. The number of carbonyl (C=O) groups excluding carboxylic acids is 1. The first-order valence-electron chi connectivity index (χ1n) is 6.50. The van der Waals surface area contributed by atoms with Crippen molar-refractivity contribution in [3.63, 3.8) is 0 Å². The minimum absolute atomic E-state index is 0.128. The van der Waals surface area contributed by atoms with Crippen LogP contribution in [0.15, 0.2) is 22.7 Å². The first-order chi connectivity index (χ1) is 9.06. The maximum absolute atomic E-state index is 12.1. The van der Waals surface area contributed by atoms with Gasteiger partial charge in [-0.15, -0.1) is 0 Å². The first kappa shape index (κ1) is 14.3. The lowest BCUT2D eigenvalue weighted by Crippen LogP contribution is -2.38. The van der Waals surface area contributed by atoms with Crippen molar-refractivity contribution in [2.24, 2.45) is 5.41 Å². The van der Waals surface area contributed by atoms with Crippen LogP contribution in [0.2, 0.25) is 0 Å². The molecule has 1 aromatic carbocycles. The zero-order valence-electron chi connectivity index (χ0n) is 10.8. The number of nitrogens with two attached hydrogens (primary N) is 1. The summed E-state index contributed by atoms with van der Waals surface area (Å²) in [5.74, 6) is -0.176. The van der Waals surface area contributed by atoms with E-state index in [1.165, 1.54) is 0 Å². The van der Waals surface area contributed by atoms with Crippen LogP contribution in [0.4, 0.5) is 5.69 Å². The van der Waals surface area contributed by atoms with Crippen LogP contribution >= 0.6 is 15.9 Å². The van der Waals surface area contributed by atoms with E-state index >= 15 is 0 Å². The average molecular weight is 327 g/mol. The van der Waals surface area contributed by atoms with Gasteiger partial charge in [-0.05, 0) is 31.0 Å². The average Bonchev–Trinajstić information content (AvgIpc) is 2.85. The smallest absolute Gasteiger partial charge is 0.253 e. The summed E-state index contributed by atoms with van der Waals surface area (Å²) >= 11 is 3.31. The molecule has 5 heteroatoms. The van der Waals surface area contributed by atoms with Crippen molar-refractivity contribution in [3.05, 3.63) is 28.2 Å². The number of nitrogen functional groups attached to an aromatic ring is 1. The highest BCUT2D eigenvalue weighted by Gasteiger charge is 2.33. The maximum atomic E-state index is 12.1. The molecule has 0 radical (unpaired) electrons. The summed E-state index contributed by atoms with van der Waals surface area (Å²) in [5, 5.41) is 12.4. The minimum Gasteiger partial charge on any atom is -0.398 e. The zero-order chi connectivity index (χ0) is 13.9. The number of hydrogen-bond donors (Lipinski definition) is 3. The van der Waals surface area contributed by atoms with Gasteiger partial charge >= 0.3 is 0 Å². The Morgan fingerprint density at radius 1 is 1.42 bits per heavy atom. The van der Waals surface area contributed by atoms with Crippen molar-refractivity contribution in [3.8, 4) is 0 Å². The van der Waals surface area contributed by atoms with Gasteiger partial charge in [0, 0.05) is 22.1 Å². The molecule has 1 aromatic rings. The highest BCUT2D eigenvalue weighted by molar-refractivity contribution is 9.10. The summed E-state index contributed by atoms with van der Waals surface area (Å²) in [7, 11) is 0. The molecule has 2 rings (SSSR count). The molecule has 1 aliphatic rings. The molecule has 19 heavy (non-hydrogen) atoms. The summed E-state index contributed by atoms with van der Waals surface area (Å²) < 4.78 is 0.851. The van der Waals surface area contributed by atoms with Gasteiger partial charge in [0.25, 0.3) is 5.91 Å². The van der Waals surface area contributed by atoms with Gasteiger partial charge in [0.05, 0.1) is 12.2 Å². The number of benzene rings is 1. The van der Waals surface area contributed by atoms with Gasteiger partial charge in [-0.25, -0.2) is 0 Å². The van der Waals surface area contributed by atoms with Gasteiger partial charge < -0.3 is 16.2 Å². The normalized spacial score (nSPS) is 17.4. The van der Waals surface area contributed by atoms with Gasteiger partial charge in [0.15, 0.2) is 0 Å². The molecule has 104 valence electrons. The number of carbonyl (C=O) groups is 1. The van der Waals surface area contributed by atoms with Crippen molar-refractivity contribution in [1.82, 2.24) is 5.32 Å². The molecule has 0 spiro atoms. The Morgan fingerprint density at radius 3 is 2.68 bits per heavy atom. The lowest BCUT2D eigenvalue weighted by Gasteiger charge is -2.26. The lowest BCUT2D eigenvalue weighted by molar-refractivity contribution is 0.0881. The molecule has 0 aliphatic heterocycles. The van der Waals surface area contributed by atoms with Crippen LogP contribution in [0.1, 0.15) is 36.0 Å². The number of rotatable bonds is 4. The highest BCUT2D eigenvalue weighted by atomic mass is 79.9. The maximum Gasteiger partial charge on any atom is 0.253 e. The zero-order valence-corrected chi connectivity index (χ0v) is 12.4. The third-order valence-electron chi connectivity index (χ3n) is 3.88. The van der Waals surface area contributed by atoms with Gasteiger partial charge in [0.2, 0.25) is 0 Å².